The van der Waals surface area contributed by atoms with Crippen LogP contribution in [0.5, 0.6) is 0 Å². The number of aryl methyl sites for hydroxylation is 2. The molecule has 1 amide bonds. The molecular formula is C31H42N6O. The highest BCUT2D eigenvalue weighted by Gasteiger charge is 2.36. The van der Waals surface area contributed by atoms with Gasteiger partial charge < -0.3 is 15.5 Å². The van der Waals surface area contributed by atoms with Gasteiger partial charge in [-0.05, 0) is 119 Å². The normalized spacial score (nSPS) is 21.2. The van der Waals surface area contributed by atoms with E-state index in [1.54, 1.807) is 6.07 Å². The standard InChI is InChI=1S/C31H42N6O/c1-22-18-29-25(19-28(22)34-30(38)27-5-3-4-23(2)33-27)21-37(35-29)26-8-16-36(17-9-26)20-24-6-10-31(11-7-24)12-14-32-15-13-31/h3-5,18-19,21,24,26,32H,6-17,20H2,1-2H3,(H,34,38). The maximum Gasteiger partial charge on any atom is 0.274 e. The molecule has 1 saturated carbocycles. The molecule has 202 valence electrons. The van der Waals surface area contributed by atoms with E-state index in [9.17, 15) is 4.79 Å². The number of nitrogens with zero attached hydrogens (tertiary/aromatic N) is 4. The number of piperidine rings is 2. The van der Waals surface area contributed by atoms with Gasteiger partial charge in [0.25, 0.3) is 5.91 Å². The number of anilines is 1. The second kappa shape index (κ2) is 10.8. The van der Waals surface area contributed by atoms with E-state index in [4.69, 9.17) is 5.10 Å². The fourth-order valence-corrected chi connectivity index (χ4v) is 7.03. The summed E-state index contributed by atoms with van der Waals surface area (Å²) in [5.74, 6) is 0.700. The van der Waals surface area contributed by atoms with Crippen LogP contribution in [0.4, 0.5) is 5.69 Å². The first-order valence-electron chi connectivity index (χ1n) is 14.6. The third kappa shape index (κ3) is 5.50. The highest BCUT2D eigenvalue weighted by Crippen LogP contribution is 2.45. The Morgan fingerprint density at radius 1 is 1.05 bits per heavy atom. The minimum absolute atomic E-state index is 0.181. The highest BCUT2D eigenvalue weighted by molar-refractivity contribution is 6.04. The minimum Gasteiger partial charge on any atom is -0.320 e. The summed E-state index contributed by atoms with van der Waals surface area (Å²) in [6.45, 7) is 9.97. The molecule has 7 heteroatoms. The quantitative estimate of drug-likeness (QED) is 0.470. The average Bonchev–Trinajstić information content (AvgIpc) is 3.34. The van der Waals surface area contributed by atoms with Crippen LogP contribution in [0.25, 0.3) is 10.9 Å². The van der Waals surface area contributed by atoms with Crippen molar-refractivity contribution in [2.45, 2.75) is 71.3 Å². The number of pyridine rings is 1. The Morgan fingerprint density at radius 3 is 2.55 bits per heavy atom. The molecule has 2 saturated heterocycles. The summed E-state index contributed by atoms with van der Waals surface area (Å²) in [6.07, 6.45) is 13.0. The molecule has 6 rings (SSSR count). The number of carbonyl (C=O) groups is 1. The van der Waals surface area contributed by atoms with Crippen molar-refractivity contribution in [3.8, 4) is 0 Å². The zero-order valence-corrected chi connectivity index (χ0v) is 23.0. The summed E-state index contributed by atoms with van der Waals surface area (Å²) < 4.78 is 2.18. The monoisotopic (exact) mass is 514 g/mol. The Kier molecular flexibility index (Phi) is 7.23. The van der Waals surface area contributed by atoms with Crippen LogP contribution in [0.15, 0.2) is 36.5 Å². The molecule has 4 heterocycles. The molecule has 3 aliphatic rings. The van der Waals surface area contributed by atoms with Crippen LogP contribution in [-0.4, -0.2) is 58.3 Å². The SMILES string of the molecule is Cc1cccc(C(=O)Nc2cc3cn(C4CCN(CC5CCC6(CCNCC6)CC5)CC4)nc3cc2C)n1. The first-order valence-corrected chi connectivity index (χ1v) is 14.6. The first-order chi connectivity index (χ1) is 18.5. The topological polar surface area (TPSA) is 75.1 Å². The number of fused-ring (bicyclic) bond motifs is 1. The van der Waals surface area contributed by atoms with E-state index in [0.29, 0.717) is 17.2 Å². The highest BCUT2D eigenvalue weighted by atomic mass is 16.1. The van der Waals surface area contributed by atoms with Gasteiger partial charge in [-0.15, -0.1) is 0 Å². The lowest BCUT2D eigenvalue weighted by Crippen LogP contribution is -2.42. The van der Waals surface area contributed by atoms with Crippen molar-refractivity contribution in [1.82, 2.24) is 25.0 Å². The lowest BCUT2D eigenvalue weighted by molar-refractivity contribution is 0.0781. The van der Waals surface area contributed by atoms with Gasteiger partial charge >= 0.3 is 0 Å². The second-order valence-electron chi connectivity index (χ2n) is 12.2. The summed E-state index contributed by atoms with van der Waals surface area (Å²) in [6, 6.07) is 10.1. The summed E-state index contributed by atoms with van der Waals surface area (Å²) in [5, 5.41) is 12.6. The van der Waals surface area contributed by atoms with Crippen LogP contribution in [0.1, 0.15) is 79.2 Å². The van der Waals surface area contributed by atoms with Gasteiger partial charge in [-0.25, -0.2) is 4.98 Å². The van der Waals surface area contributed by atoms with Gasteiger partial charge in [-0.2, -0.15) is 5.10 Å². The van der Waals surface area contributed by atoms with Crippen molar-refractivity contribution in [3.05, 3.63) is 53.5 Å². The van der Waals surface area contributed by atoms with Crippen molar-refractivity contribution in [2.75, 3.05) is 38.0 Å². The summed E-state index contributed by atoms with van der Waals surface area (Å²) in [7, 11) is 0. The molecule has 2 aromatic heterocycles. The molecule has 0 atom stereocenters. The number of amides is 1. The van der Waals surface area contributed by atoms with E-state index in [-0.39, 0.29) is 5.91 Å². The van der Waals surface area contributed by atoms with Gasteiger partial charge in [0.05, 0.1) is 11.6 Å². The minimum atomic E-state index is -0.181. The maximum atomic E-state index is 12.8. The summed E-state index contributed by atoms with van der Waals surface area (Å²) >= 11 is 0. The van der Waals surface area contributed by atoms with Crippen molar-refractivity contribution in [2.24, 2.45) is 11.3 Å². The van der Waals surface area contributed by atoms with E-state index >= 15 is 0 Å². The maximum absolute atomic E-state index is 12.8. The van der Waals surface area contributed by atoms with Crippen LogP contribution in [0, 0.1) is 25.2 Å². The number of rotatable bonds is 5. The van der Waals surface area contributed by atoms with Crippen LogP contribution >= 0.6 is 0 Å². The Balaban J connectivity index is 1.04. The third-order valence-corrected chi connectivity index (χ3v) is 9.52. The molecule has 2 N–H and O–H groups in total. The predicted molar refractivity (Wildman–Crippen MR) is 153 cm³/mol. The largest absolute Gasteiger partial charge is 0.320 e. The second-order valence-corrected chi connectivity index (χ2v) is 12.2. The first kappa shape index (κ1) is 25.5. The molecule has 2 aliphatic heterocycles. The third-order valence-electron chi connectivity index (χ3n) is 9.52. The number of hydrogen-bond acceptors (Lipinski definition) is 5. The fraction of sp³-hybridized carbons (Fsp3) is 0.581. The molecule has 38 heavy (non-hydrogen) atoms. The van der Waals surface area contributed by atoms with E-state index < -0.39 is 0 Å². The van der Waals surface area contributed by atoms with E-state index in [0.717, 1.165) is 59.7 Å². The molecule has 1 aliphatic carbocycles. The number of aromatic nitrogens is 3. The zero-order chi connectivity index (χ0) is 26.1. The predicted octanol–water partition coefficient (Wildman–Crippen LogP) is 5.50. The van der Waals surface area contributed by atoms with Gasteiger partial charge in [-0.1, -0.05) is 6.07 Å². The van der Waals surface area contributed by atoms with Gasteiger partial charge in [0.15, 0.2) is 0 Å². The van der Waals surface area contributed by atoms with Crippen molar-refractivity contribution >= 4 is 22.5 Å². The molecule has 1 aromatic carbocycles. The molecule has 0 unspecified atom stereocenters. The fourth-order valence-electron chi connectivity index (χ4n) is 7.03. The molecule has 7 nitrogen and oxygen atoms in total. The summed E-state index contributed by atoms with van der Waals surface area (Å²) in [4.78, 5) is 19.8. The number of hydrogen-bond donors (Lipinski definition) is 2. The zero-order valence-electron chi connectivity index (χ0n) is 23.0. The molecule has 3 fully saturated rings. The lowest BCUT2D eigenvalue weighted by Gasteiger charge is -2.44. The number of carbonyl (C=O) groups excluding carboxylic acids is 1. The van der Waals surface area contributed by atoms with Crippen LogP contribution in [0.2, 0.25) is 0 Å². The Labute approximate surface area is 226 Å². The Hall–Kier alpha value is -2.77. The van der Waals surface area contributed by atoms with E-state index in [1.165, 1.54) is 58.2 Å². The average molecular weight is 515 g/mol. The van der Waals surface area contributed by atoms with Crippen molar-refractivity contribution < 1.29 is 4.79 Å². The molecule has 0 bridgehead atoms. The van der Waals surface area contributed by atoms with Crippen LogP contribution < -0.4 is 10.6 Å². The summed E-state index contributed by atoms with van der Waals surface area (Å²) in [5.41, 5.74) is 4.75. The van der Waals surface area contributed by atoms with Gasteiger partial charge in [0.2, 0.25) is 0 Å². The Bertz CT molecular complexity index is 1270. The van der Waals surface area contributed by atoms with Gasteiger partial charge in [-0.3, -0.25) is 9.48 Å². The molecular weight excluding hydrogens is 472 g/mol. The van der Waals surface area contributed by atoms with Crippen molar-refractivity contribution in [1.29, 1.82) is 0 Å². The molecule has 3 aromatic rings. The van der Waals surface area contributed by atoms with Gasteiger partial charge in [0.1, 0.15) is 5.69 Å². The Morgan fingerprint density at radius 2 is 1.82 bits per heavy atom. The number of benzene rings is 1. The van der Waals surface area contributed by atoms with E-state index in [2.05, 4.69) is 43.5 Å². The lowest BCUT2D eigenvalue weighted by atomic mass is 9.65. The van der Waals surface area contributed by atoms with Crippen LogP contribution in [0.3, 0.4) is 0 Å². The molecule has 1 spiro atoms. The van der Waals surface area contributed by atoms with Crippen molar-refractivity contribution in [3.63, 3.8) is 0 Å². The van der Waals surface area contributed by atoms with Crippen LogP contribution in [-0.2, 0) is 0 Å². The molecule has 0 radical (unpaired) electrons. The smallest absolute Gasteiger partial charge is 0.274 e. The number of likely N-dealkylation sites (tertiary alicyclic amines) is 1. The van der Waals surface area contributed by atoms with Gasteiger partial charge in [0, 0.05) is 42.6 Å². The number of nitrogens with one attached hydrogen (secondary N) is 2. The van der Waals surface area contributed by atoms with E-state index in [1.807, 2.05) is 26.0 Å².